The Morgan fingerprint density at radius 1 is 1.09 bits per heavy atom. The van der Waals surface area contributed by atoms with Crippen LogP contribution in [0.3, 0.4) is 0 Å². The van der Waals surface area contributed by atoms with Gasteiger partial charge in [0.1, 0.15) is 11.3 Å². The monoisotopic (exact) mass is 426 g/mol. The third-order valence-corrected chi connectivity index (χ3v) is 6.06. The SMILES string of the molecule is COc1ccccc1[C@H]1CC(=O)c2cnc3[nH]n(-c4nc5ccccc5o4)c(=O)c3c2C1. The van der Waals surface area contributed by atoms with Gasteiger partial charge in [0.15, 0.2) is 17.0 Å². The van der Waals surface area contributed by atoms with Gasteiger partial charge in [0.2, 0.25) is 0 Å². The van der Waals surface area contributed by atoms with Gasteiger partial charge < -0.3 is 9.15 Å². The second kappa shape index (κ2) is 6.91. The average Bonchev–Trinajstić information content (AvgIpc) is 3.40. The third-order valence-electron chi connectivity index (χ3n) is 6.06. The summed E-state index contributed by atoms with van der Waals surface area (Å²) in [5.74, 6) is 0.603. The molecule has 1 N–H and O–H groups in total. The molecule has 0 unspecified atom stereocenters. The average molecular weight is 426 g/mol. The molecule has 0 aliphatic heterocycles. The number of fused-ring (bicyclic) bond motifs is 4. The molecular formula is C24H18N4O4. The first-order valence-electron chi connectivity index (χ1n) is 10.3. The number of nitrogens with zero attached hydrogens (tertiary/aromatic N) is 3. The van der Waals surface area contributed by atoms with E-state index in [-0.39, 0.29) is 23.3 Å². The summed E-state index contributed by atoms with van der Waals surface area (Å²) in [6.45, 7) is 0. The van der Waals surface area contributed by atoms with Gasteiger partial charge in [-0.15, -0.1) is 0 Å². The smallest absolute Gasteiger partial charge is 0.325 e. The number of carbonyl (C=O) groups is 1. The van der Waals surface area contributed by atoms with Gasteiger partial charge in [-0.05, 0) is 41.7 Å². The van der Waals surface area contributed by atoms with E-state index in [1.165, 1.54) is 4.68 Å². The number of carbonyl (C=O) groups excluding carboxylic acids is 1. The summed E-state index contributed by atoms with van der Waals surface area (Å²) in [5.41, 5.74) is 3.41. The zero-order valence-corrected chi connectivity index (χ0v) is 17.2. The highest BCUT2D eigenvalue weighted by Gasteiger charge is 2.31. The van der Waals surface area contributed by atoms with Crippen LogP contribution < -0.4 is 10.3 Å². The molecule has 0 bridgehead atoms. The maximum absolute atomic E-state index is 13.4. The van der Waals surface area contributed by atoms with Crippen molar-refractivity contribution in [2.75, 3.05) is 7.11 Å². The summed E-state index contributed by atoms with van der Waals surface area (Å²) in [5, 5.41) is 3.37. The van der Waals surface area contributed by atoms with Crippen LogP contribution in [-0.4, -0.2) is 32.6 Å². The lowest BCUT2D eigenvalue weighted by Crippen LogP contribution is -2.22. The first-order chi connectivity index (χ1) is 15.6. The number of para-hydroxylation sites is 3. The highest BCUT2D eigenvalue weighted by Crippen LogP contribution is 2.38. The van der Waals surface area contributed by atoms with Crippen molar-refractivity contribution in [3.8, 4) is 11.8 Å². The predicted octanol–water partition coefficient (Wildman–Crippen LogP) is 3.78. The van der Waals surface area contributed by atoms with E-state index in [0.717, 1.165) is 11.3 Å². The summed E-state index contributed by atoms with van der Waals surface area (Å²) in [6.07, 6.45) is 2.41. The fourth-order valence-electron chi connectivity index (χ4n) is 4.55. The lowest BCUT2D eigenvalue weighted by molar-refractivity contribution is 0.0964. The van der Waals surface area contributed by atoms with Gasteiger partial charge in [-0.1, -0.05) is 30.3 Å². The van der Waals surface area contributed by atoms with Crippen molar-refractivity contribution in [2.45, 2.75) is 18.8 Å². The fourth-order valence-corrected chi connectivity index (χ4v) is 4.55. The summed E-state index contributed by atoms with van der Waals surface area (Å²) >= 11 is 0. The van der Waals surface area contributed by atoms with Crippen LogP contribution in [0, 0.1) is 0 Å². The van der Waals surface area contributed by atoms with E-state index >= 15 is 0 Å². The highest BCUT2D eigenvalue weighted by molar-refractivity contribution is 6.02. The molecule has 32 heavy (non-hydrogen) atoms. The van der Waals surface area contributed by atoms with Crippen LogP contribution in [0.2, 0.25) is 0 Å². The van der Waals surface area contributed by atoms with E-state index < -0.39 is 0 Å². The van der Waals surface area contributed by atoms with E-state index in [1.807, 2.05) is 42.5 Å². The molecule has 8 heteroatoms. The fraction of sp³-hybridized carbons (Fsp3) is 0.167. The number of oxazole rings is 1. The number of H-pyrrole nitrogens is 1. The minimum atomic E-state index is -0.343. The molecule has 0 fully saturated rings. The first kappa shape index (κ1) is 18.6. The van der Waals surface area contributed by atoms with Gasteiger partial charge in [-0.3, -0.25) is 14.7 Å². The van der Waals surface area contributed by atoms with Crippen molar-refractivity contribution in [3.05, 3.63) is 81.8 Å². The number of hydrogen-bond donors (Lipinski definition) is 1. The normalized spacial score (nSPS) is 15.9. The van der Waals surface area contributed by atoms with Crippen LogP contribution in [0.1, 0.15) is 33.8 Å². The van der Waals surface area contributed by atoms with E-state index in [9.17, 15) is 9.59 Å². The first-order valence-corrected chi connectivity index (χ1v) is 10.3. The van der Waals surface area contributed by atoms with Gasteiger partial charge in [0, 0.05) is 18.2 Å². The molecule has 0 amide bonds. The zero-order valence-electron chi connectivity index (χ0n) is 17.2. The highest BCUT2D eigenvalue weighted by atomic mass is 16.5. The number of methoxy groups -OCH3 is 1. The summed E-state index contributed by atoms with van der Waals surface area (Å²) in [4.78, 5) is 35.1. The van der Waals surface area contributed by atoms with E-state index in [4.69, 9.17) is 9.15 Å². The Kier molecular flexibility index (Phi) is 4.01. The number of ketones is 1. The Hall–Kier alpha value is -4.20. The Morgan fingerprint density at radius 2 is 1.91 bits per heavy atom. The largest absolute Gasteiger partial charge is 0.496 e. The van der Waals surface area contributed by atoms with Crippen molar-refractivity contribution >= 4 is 27.9 Å². The second-order valence-electron chi connectivity index (χ2n) is 7.86. The number of rotatable bonds is 3. The maximum Gasteiger partial charge on any atom is 0.325 e. The van der Waals surface area contributed by atoms with Crippen LogP contribution in [0.25, 0.3) is 28.1 Å². The van der Waals surface area contributed by atoms with Crippen molar-refractivity contribution in [1.82, 2.24) is 19.7 Å². The number of ether oxygens (including phenoxy) is 1. The Morgan fingerprint density at radius 3 is 2.75 bits per heavy atom. The number of nitrogens with one attached hydrogen (secondary N) is 1. The third kappa shape index (κ3) is 2.69. The van der Waals surface area contributed by atoms with Gasteiger partial charge in [0.25, 0.3) is 5.56 Å². The molecule has 1 aliphatic rings. The molecule has 0 saturated heterocycles. The number of hydrogen-bond acceptors (Lipinski definition) is 6. The van der Waals surface area contributed by atoms with Crippen LogP contribution in [0.15, 0.2) is 63.9 Å². The van der Waals surface area contributed by atoms with Gasteiger partial charge in [-0.25, -0.2) is 4.98 Å². The number of benzene rings is 2. The second-order valence-corrected chi connectivity index (χ2v) is 7.86. The Labute approximate surface area is 181 Å². The van der Waals surface area contributed by atoms with Crippen molar-refractivity contribution in [3.63, 3.8) is 0 Å². The van der Waals surface area contributed by atoms with Gasteiger partial charge in [-0.2, -0.15) is 9.67 Å². The van der Waals surface area contributed by atoms with Crippen molar-refractivity contribution in [2.24, 2.45) is 0 Å². The molecule has 0 radical (unpaired) electrons. The molecule has 1 atom stereocenters. The molecule has 158 valence electrons. The lowest BCUT2D eigenvalue weighted by atomic mass is 9.79. The molecule has 8 nitrogen and oxygen atoms in total. The standard InChI is InChI=1S/C24H18N4O4/c1-31-19-8-4-2-6-14(19)13-10-15-16(18(29)11-13)12-25-22-21(15)23(30)28(27-22)24-26-17-7-3-5-9-20(17)32-24/h2-9,12-13H,10-11H2,1H3,(H,25,27)/t13-/m1/s1. The minimum absolute atomic E-state index is 0.0365. The van der Waals surface area contributed by atoms with Gasteiger partial charge >= 0.3 is 6.01 Å². The summed E-state index contributed by atoms with van der Waals surface area (Å²) < 4.78 is 12.5. The van der Waals surface area contributed by atoms with Crippen LogP contribution in [0.4, 0.5) is 0 Å². The van der Waals surface area contributed by atoms with Crippen molar-refractivity contribution < 1.29 is 13.9 Å². The molecule has 2 aromatic carbocycles. The van der Waals surface area contributed by atoms with E-state index in [2.05, 4.69) is 15.1 Å². The van der Waals surface area contributed by atoms with E-state index in [1.54, 1.807) is 19.4 Å². The molecule has 1 aliphatic carbocycles. The molecule has 0 spiro atoms. The quantitative estimate of drug-likeness (QED) is 0.471. The topological polar surface area (TPSA) is 103 Å². The summed E-state index contributed by atoms with van der Waals surface area (Å²) in [6, 6.07) is 15.1. The number of pyridine rings is 1. The van der Waals surface area contributed by atoms with Crippen LogP contribution in [-0.2, 0) is 6.42 Å². The maximum atomic E-state index is 13.4. The lowest BCUT2D eigenvalue weighted by Gasteiger charge is -2.25. The van der Waals surface area contributed by atoms with Crippen LogP contribution >= 0.6 is 0 Å². The number of Topliss-reactive ketones (excluding diaryl/α,β-unsaturated/α-hetero) is 1. The Balaban J connectivity index is 1.52. The molecule has 3 heterocycles. The minimum Gasteiger partial charge on any atom is -0.496 e. The van der Waals surface area contributed by atoms with Crippen molar-refractivity contribution in [1.29, 1.82) is 0 Å². The zero-order chi connectivity index (χ0) is 21.8. The predicted molar refractivity (Wildman–Crippen MR) is 118 cm³/mol. The summed E-state index contributed by atoms with van der Waals surface area (Å²) in [7, 11) is 1.62. The molecular weight excluding hydrogens is 408 g/mol. The van der Waals surface area contributed by atoms with E-state index in [0.29, 0.717) is 46.1 Å². The van der Waals surface area contributed by atoms with Gasteiger partial charge in [0.05, 0.1) is 12.5 Å². The van der Waals surface area contributed by atoms with Crippen LogP contribution in [0.5, 0.6) is 5.75 Å². The number of aromatic amines is 1. The molecule has 3 aromatic heterocycles. The molecule has 5 aromatic rings. The Bertz CT molecular complexity index is 1540. The molecule has 0 saturated carbocycles. The molecule has 6 rings (SSSR count). The number of aromatic nitrogens is 4.